The normalized spacial score (nSPS) is 11.6. The fraction of sp³-hybridized carbons (Fsp3) is 0.400. The Labute approximate surface area is 668 Å². The monoisotopic (exact) mass is 1780 g/mol. The van der Waals surface area contributed by atoms with Crippen LogP contribution >= 0.6 is 0 Å². The molecule has 0 bridgehead atoms. The molecule has 0 saturated carbocycles. The predicted octanol–water partition coefficient (Wildman–Crippen LogP) is 10.7. The number of benzene rings is 6. The van der Waals surface area contributed by atoms with Gasteiger partial charge in [-0.3, -0.25) is 9.97 Å². The average molecular weight is 1790 g/mol. The van der Waals surface area contributed by atoms with Crippen molar-refractivity contribution in [3.8, 4) is 0 Å². The van der Waals surface area contributed by atoms with Crippen LogP contribution in [-0.4, -0.2) is 9.97 Å². The van der Waals surface area contributed by atoms with E-state index >= 15 is 0 Å². The smallest absolute Gasteiger partial charge is 0.212 e. The molecule has 12 aromatic rings. The minimum atomic E-state index is 0. The van der Waals surface area contributed by atoms with E-state index in [1.165, 1.54) is 280 Å². The summed E-state index contributed by atoms with van der Waals surface area (Å²) in [7, 11) is 4.27. The van der Waals surface area contributed by atoms with Gasteiger partial charge in [0.25, 0.3) is 0 Å². The third-order valence-corrected chi connectivity index (χ3v) is 20.6. The van der Waals surface area contributed by atoms with E-state index in [4.69, 9.17) is 0 Å². The molecular formula is C90H112I4N6. The Hall–Kier alpha value is -5.30. The van der Waals surface area contributed by atoms with Gasteiger partial charge in [0.15, 0.2) is 24.8 Å². The maximum atomic E-state index is 4.47. The molecule has 0 radical (unpaired) electrons. The van der Waals surface area contributed by atoms with Crippen LogP contribution in [0.5, 0.6) is 0 Å². The molecule has 10 heteroatoms. The van der Waals surface area contributed by atoms with E-state index in [-0.39, 0.29) is 95.9 Å². The average Bonchev–Trinajstić information content (AvgIpc) is 0.894. The van der Waals surface area contributed by atoms with Gasteiger partial charge in [-0.1, -0.05) is 227 Å². The van der Waals surface area contributed by atoms with Gasteiger partial charge in [-0.05, 0) is 158 Å². The lowest BCUT2D eigenvalue weighted by Gasteiger charge is -2.12. The van der Waals surface area contributed by atoms with E-state index < -0.39 is 0 Å². The zero-order valence-corrected chi connectivity index (χ0v) is 69.1. The fourth-order valence-electron chi connectivity index (χ4n) is 14.9. The number of nitrogens with one attached hydrogen (secondary N) is 2. The van der Waals surface area contributed by atoms with Crippen molar-refractivity contribution in [2.24, 2.45) is 14.1 Å². The third kappa shape index (κ3) is 25.8. The van der Waals surface area contributed by atoms with Crippen LogP contribution < -0.4 is 115 Å². The first-order valence-electron chi connectivity index (χ1n) is 37.6. The molecule has 0 aliphatic heterocycles. The number of aromatic nitrogens is 6. The second-order valence-corrected chi connectivity index (χ2v) is 27.7. The lowest BCUT2D eigenvalue weighted by atomic mass is 9.92. The predicted molar refractivity (Wildman–Crippen MR) is 406 cm³/mol. The summed E-state index contributed by atoms with van der Waals surface area (Å²) in [6.07, 6.45) is 52.3. The molecular weight excluding hydrogens is 1670 g/mol. The van der Waals surface area contributed by atoms with Gasteiger partial charge < -0.3 is 95.9 Å². The number of H-pyrrole nitrogens is 2. The number of pyridine rings is 6. The Morgan fingerprint density at radius 2 is 0.570 bits per heavy atom. The van der Waals surface area contributed by atoms with E-state index in [1.807, 2.05) is 12.4 Å². The number of aromatic amines is 2. The molecule has 0 spiro atoms. The molecule has 2 unspecified atom stereocenters. The van der Waals surface area contributed by atoms with Crippen molar-refractivity contribution in [2.75, 3.05) is 0 Å². The summed E-state index contributed by atoms with van der Waals surface area (Å²) in [6.45, 7) is 4.77. The fourth-order valence-corrected chi connectivity index (χ4v) is 14.9. The van der Waals surface area contributed by atoms with Crippen LogP contribution in [-0.2, 0) is 39.8 Å². The van der Waals surface area contributed by atoms with Gasteiger partial charge in [0.05, 0.1) is 11.0 Å². The van der Waals surface area contributed by atoms with Crippen molar-refractivity contribution < 1.29 is 115 Å². The first kappa shape index (κ1) is 83.6. The van der Waals surface area contributed by atoms with Crippen LogP contribution in [0.25, 0.3) is 65.4 Å². The summed E-state index contributed by atoms with van der Waals surface area (Å²) in [5.74, 6) is 1.25. The SMILES string of the molecule is CC(CCCCCCCCCCCc1cc[n+](C)c2ccccc12)c1cc[nH+]c2ccccc12.CC(CCCCCCCCCc1cc[n+](C)c2ccccc12)c1cc[nH+]c2ccccc12.[I-].[I-].[I-].[I-].c1ccc2c(CCCCCCCCCCc3ccnc4ccccc34)ccnc2c1. The second kappa shape index (κ2) is 47.1. The molecule has 0 amide bonds. The lowest BCUT2D eigenvalue weighted by molar-refractivity contribution is -0.645. The van der Waals surface area contributed by atoms with Gasteiger partial charge in [0.1, 0.15) is 14.1 Å². The molecule has 0 aliphatic carbocycles. The van der Waals surface area contributed by atoms with Crippen molar-refractivity contribution >= 4 is 65.4 Å². The van der Waals surface area contributed by atoms with Crippen molar-refractivity contribution in [3.05, 3.63) is 253 Å². The summed E-state index contributed by atoms with van der Waals surface area (Å²) in [4.78, 5) is 15.7. The van der Waals surface area contributed by atoms with Gasteiger partial charge in [0, 0.05) is 93.2 Å². The first-order chi connectivity index (χ1) is 47.4. The largest absolute Gasteiger partial charge is 1.00 e. The number of halogens is 4. The molecule has 0 fully saturated rings. The van der Waals surface area contributed by atoms with Crippen LogP contribution in [0.3, 0.4) is 0 Å². The summed E-state index contributed by atoms with van der Waals surface area (Å²) in [6, 6.07) is 65.4. The summed E-state index contributed by atoms with van der Waals surface area (Å²) in [5.41, 5.74) is 16.3. The highest BCUT2D eigenvalue weighted by Gasteiger charge is 2.16. The minimum Gasteiger partial charge on any atom is -1.00 e. The molecule has 2 N–H and O–H groups in total. The molecule has 2 atom stereocenters. The van der Waals surface area contributed by atoms with E-state index in [0.717, 1.165) is 11.0 Å². The number of hydrogen-bond donors (Lipinski definition) is 0. The van der Waals surface area contributed by atoms with Crippen LogP contribution in [0.4, 0.5) is 0 Å². The summed E-state index contributed by atoms with van der Waals surface area (Å²) < 4.78 is 4.44. The van der Waals surface area contributed by atoms with E-state index in [1.54, 1.807) is 0 Å². The Bertz CT molecular complexity index is 4180. The maximum Gasteiger partial charge on any atom is 0.212 e. The van der Waals surface area contributed by atoms with Crippen LogP contribution in [0.15, 0.2) is 219 Å². The van der Waals surface area contributed by atoms with Gasteiger partial charge in [0.2, 0.25) is 22.1 Å². The number of rotatable bonds is 35. The summed E-state index contributed by atoms with van der Waals surface area (Å²) >= 11 is 0. The molecule has 100 heavy (non-hydrogen) atoms. The Morgan fingerprint density at radius 1 is 0.290 bits per heavy atom. The van der Waals surface area contributed by atoms with E-state index in [9.17, 15) is 0 Å². The quantitative estimate of drug-likeness (QED) is 0.0226. The molecule has 6 aromatic heterocycles. The minimum absolute atomic E-state index is 0. The number of nitrogens with zero attached hydrogens (tertiary/aromatic N) is 4. The Balaban J connectivity index is 0.000000232. The zero-order chi connectivity index (χ0) is 66.2. The number of hydrogen-bond acceptors (Lipinski definition) is 2. The van der Waals surface area contributed by atoms with Crippen molar-refractivity contribution in [3.63, 3.8) is 0 Å². The topological polar surface area (TPSA) is 61.8 Å². The van der Waals surface area contributed by atoms with Crippen molar-refractivity contribution in [2.45, 2.75) is 218 Å². The van der Waals surface area contributed by atoms with Gasteiger partial charge >= 0.3 is 0 Å². The number of aryl methyl sites for hydroxylation is 6. The van der Waals surface area contributed by atoms with Gasteiger partial charge in [-0.15, -0.1) is 0 Å². The molecule has 6 nitrogen and oxygen atoms in total. The molecule has 530 valence electrons. The molecule has 6 heterocycles. The molecule has 12 rings (SSSR count). The Morgan fingerprint density at radius 3 is 0.930 bits per heavy atom. The molecule has 6 aromatic carbocycles. The highest BCUT2D eigenvalue weighted by molar-refractivity contribution is 5.84. The first-order valence-corrected chi connectivity index (χ1v) is 37.6. The molecule has 0 saturated heterocycles. The number of para-hydroxylation sites is 6. The van der Waals surface area contributed by atoms with Crippen LogP contribution in [0.1, 0.15) is 226 Å². The number of fused-ring (bicyclic) bond motifs is 6. The second-order valence-electron chi connectivity index (χ2n) is 27.7. The summed E-state index contributed by atoms with van der Waals surface area (Å²) in [5, 5.41) is 8.23. The van der Waals surface area contributed by atoms with E-state index in [0.29, 0.717) is 11.8 Å². The highest BCUT2D eigenvalue weighted by Crippen LogP contribution is 2.30. The van der Waals surface area contributed by atoms with E-state index in [2.05, 4.69) is 264 Å². The zero-order valence-electron chi connectivity index (χ0n) is 60.5. The van der Waals surface area contributed by atoms with Crippen molar-refractivity contribution in [1.29, 1.82) is 0 Å². The number of unbranched alkanes of at least 4 members (excludes halogenated alkanes) is 21. The molecule has 0 aliphatic rings. The van der Waals surface area contributed by atoms with Crippen LogP contribution in [0.2, 0.25) is 0 Å². The van der Waals surface area contributed by atoms with Gasteiger partial charge in [-0.2, -0.15) is 0 Å². The Kier molecular flexibility index (Phi) is 39.4. The third-order valence-electron chi connectivity index (χ3n) is 20.6. The lowest BCUT2D eigenvalue weighted by Crippen LogP contribution is -3.00. The van der Waals surface area contributed by atoms with Gasteiger partial charge in [-0.25, -0.2) is 19.1 Å². The van der Waals surface area contributed by atoms with Crippen LogP contribution in [0, 0.1) is 0 Å². The highest BCUT2D eigenvalue weighted by atomic mass is 127. The standard InChI is InChI=1S/C32H41N2.C30H37N2.C28H32N2.4HI/c1-26(28-22-24-33-31-20-14-12-19-30(28)31)16-10-8-6-4-3-5-7-9-11-17-27-23-25-34(2)32-21-15-13-18-29(27)32;1-24(26-20-22-31-29-18-12-10-17-28(26)29)14-8-6-4-3-5-7-9-15-25-21-23-32(2)30-19-13-11-16-27(25)30;1(3-5-7-13-23-19-21-29-27-17-11-9-15-25(23)27)2-4-6-8-14-24-20-22-30-28-18-12-10-16-26(24)28;;;;/h12-15,18-26H,3-11,16-17H2,1-2H3;10-13,16-24H,3-9,14-15H2,1-2H3;9-12,15-22H,1-8,13-14H2;4*1H/q2*+1;;;;;/p-2. The maximum absolute atomic E-state index is 4.47. The van der Waals surface area contributed by atoms with Crippen molar-refractivity contribution in [1.82, 2.24) is 9.97 Å².